The quantitative estimate of drug-likeness (QED) is 0.817. The molecule has 0 amide bonds. The first kappa shape index (κ1) is 13.5. The van der Waals surface area contributed by atoms with Crippen LogP contribution in [0, 0.1) is 23.2 Å². The molecule has 1 saturated carbocycles. The third kappa shape index (κ3) is 2.74. The molecular weight excluding hydrogens is 224 g/mol. The molecule has 4 atom stereocenters. The molecule has 1 rings (SSSR count). The number of sulfonamides is 1. The Hall–Kier alpha value is -0.600. The Bertz CT molecular complexity index is 372. The smallest absolute Gasteiger partial charge is 0.211 e. The van der Waals surface area contributed by atoms with Crippen LogP contribution in [0.15, 0.2) is 0 Å². The lowest BCUT2D eigenvalue weighted by atomic mass is 9.98. The van der Waals surface area contributed by atoms with Crippen LogP contribution in [-0.4, -0.2) is 19.7 Å². The minimum absolute atomic E-state index is 0.00222. The molecule has 0 aromatic heterocycles. The predicted molar refractivity (Wildman–Crippen MR) is 63.1 cm³/mol. The normalized spacial score (nSPS) is 32.2. The Balaban J connectivity index is 2.71. The Labute approximate surface area is 98.1 Å². The largest absolute Gasteiger partial charge is 0.228 e. The van der Waals surface area contributed by atoms with Crippen LogP contribution in [0.5, 0.6) is 0 Å². The molecular formula is C11H20N2O2S. The van der Waals surface area contributed by atoms with Crippen molar-refractivity contribution < 1.29 is 8.42 Å². The van der Waals surface area contributed by atoms with Gasteiger partial charge in [-0.05, 0) is 31.1 Å². The number of hydrogen-bond donors (Lipinski definition) is 1. The maximum atomic E-state index is 11.9. The Morgan fingerprint density at radius 2 is 2.06 bits per heavy atom. The molecule has 16 heavy (non-hydrogen) atoms. The zero-order chi connectivity index (χ0) is 12.3. The molecule has 0 aliphatic heterocycles. The van der Waals surface area contributed by atoms with Gasteiger partial charge in [-0.2, -0.15) is 5.26 Å². The Kier molecular flexibility index (Phi) is 4.34. The molecule has 0 spiro atoms. The minimum Gasteiger partial charge on any atom is -0.211 e. The van der Waals surface area contributed by atoms with Gasteiger partial charge in [0.15, 0.2) is 5.25 Å². The van der Waals surface area contributed by atoms with Gasteiger partial charge in [-0.3, -0.25) is 0 Å². The number of hydrogen-bond acceptors (Lipinski definition) is 3. The van der Waals surface area contributed by atoms with Crippen molar-refractivity contribution in [3.8, 4) is 6.07 Å². The van der Waals surface area contributed by atoms with Crippen LogP contribution in [0.25, 0.3) is 0 Å². The van der Waals surface area contributed by atoms with Gasteiger partial charge in [0.1, 0.15) is 0 Å². The van der Waals surface area contributed by atoms with Crippen molar-refractivity contribution in [3.63, 3.8) is 0 Å². The number of nitriles is 1. The second-order valence-corrected chi connectivity index (χ2v) is 6.60. The van der Waals surface area contributed by atoms with Crippen LogP contribution in [0.3, 0.4) is 0 Å². The van der Waals surface area contributed by atoms with E-state index in [1.54, 1.807) is 6.92 Å². The highest BCUT2D eigenvalue weighted by atomic mass is 32.2. The van der Waals surface area contributed by atoms with Crippen molar-refractivity contribution in [2.75, 3.05) is 0 Å². The molecule has 1 aliphatic carbocycles. The first-order valence-electron chi connectivity index (χ1n) is 5.83. The van der Waals surface area contributed by atoms with Gasteiger partial charge in [0.05, 0.1) is 6.07 Å². The summed E-state index contributed by atoms with van der Waals surface area (Å²) >= 11 is 0. The molecule has 1 fully saturated rings. The van der Waals surface area contributed by atoms with E-state index < -0.39 is 15.3 Å². The summed E-state index contributed by atoms with van der Waals surface area (Å²) in [6.45, 7) is 5.92. The van der Waals surface area contributed by atoms with E-state index in [2.05, 4.69) is 18.6 Å². The van der Waals surface area contributed by atoms with Crippen LogP contribution in [0.4, 0.5) is 0 Å². The molecule has 5 heteroatoms. The maximum absolute atomic E-state index is 11.9. The van der Waals surface area contributed by atoms with E-state index in [0.717, 1.165) is 12.8 Å². The molecule has 4 unspecified atom stereocenters. The van der Waals surface area contributed by atoms with Gasteiger partial charge >= 0.3 is 0 Å². The average molecular weight is 244 g/mol. The standard InChI is InChI=1S/C11H20N2O2S/c1-4-10(7-12)16(14,15)13-11-6-5-8(2)9(11)3/h8-11,13H,4-6H2,1-3H3. The summed E-state index contributed by atoms with van der Waals surface area (Å²) in [5.41, 5.74) is 0. The van der Waals surface area contributed by atoms with Crippen molar-refractivity contribution in [2.45, 2.75) is 51.3 Å². The summed E-state index contributed by atoms with van der Waals surface area (Å²) in [6, 6.07) is 1.84. The molecule has 0 bridgehead atoms. The molecule has 0 saturated heterocycles. The highest BCUT2D eigenvalue weighted by Gasteiger charge is 2.34. The van der Waals surface area contributed by atoms with Crippen LogP contribution in [0.1, 0.15) is 40.0 Å². The van der Waals surface area contributed by atoms with E-state index in [0.29, 0.717) is 18.3 Å². The van der Waals surface area contributed by atoms with Gasteiger partial charge in [0.25, 0.3) is 0 Å². The predicted octanol–water partition coefficient (Wildman–Crippen LogP) is 1.64. The molecule has 0 radical (unpaired) electrons. The molecule has 1 N–H and O–H groups in total. The van der Waals surface area contributed by atoms with Crippen molar-refractivity contribution in [2.24, 2.45) is 11.8 Å². The van der Waals surface area contributed by atoms with Crippen LogP contribution < -0.4 is 4.72 Å². The summed E-state index contributed by atoms with van der Waals surface area (Å²) in [4.78, 5) is 0. The first-order valence-corrected chi connectivity index (χ1v) is 7.37. The zero-order valence-corrected chi connectivity index (χ0v) is 10.9. The summed E-state index contributed by atoms with van der Waals surface area (Å²) in [6.07, 6.45) is 2.27. The van der Waals surface area contributed by atoms with Crippen molar-refractivity contribution in [3.05, 3.63) is 0 Å². The van der Waals surface area contributed by atoms with Gasteiger partial charge in [-0.15, -0.1) is 0 Å². The number of nitrogens with one attached hydrogen (secondary N) is 1. The Morgan fingerprint density at radius 1 is 1.44 bits per heavy atom. The van der Waals surface area contributed by atoms with Gasteiger partial charge in [0, 0.05) is 6.04 Å². The van der Waals surface area contributed by atoms with E-state index in [1.165, 1.54) is 0 Å². The summed E-state index contributed by atoms with van der Waals surface area (Å²) in [5, 5.41) is 7.86. The lowest BCUT2D eigenvalue weighted by Gasteiger charge is -2.20. The molecule has 0 aromatic carbocycles. The molecule has 0 heterocycles. The van der Waals surface area contributed by atoms with E-state index in [9.17, 15) is 8.42 Å². The zero-order valence-electron chi connectivity index (χ0n) is 10.1. The van der Waals surface area contributed by atoms with Gasteiger partial charge in [0.2, 0.25) is 10.0 Å². The highest BCUT2D eigenvalue weighted by molar-refractivity contribution is 7.90. The van der Waals surface area contributed by atoms with Crippen molar-refractivity contribution >= 4 is 10.0 Å². The molecule has 1 aliphatic rings. The van der Waals surface area contributed by atoms with E-state index in [-0.39, 0.29) is 6.04 Å². The van der Waals surface area contributed by atoms with Crippen LogP contribution >= 0.6 is 0 Å². The fourth-order valence-corrected chi connectivity index (χ4v) is 3.70. The lowest BCUT2D eigenvalue weighted by molar-refractivity contribution is 0.401. The third-order valence-corrected chi connectivity index (χ3v) is 5.49. The van der Waals surface area contributed by atoms with Gasteiger partial charge in [-0.1, -0.05) is 20.8 Å². The second kappa shape index (κ2) is 5.15. The molecule has 4 nitrogen and oxygen atoms in total. The maximum Gasteiger partial charge on any atom is 0.228 e. The topological polar surface area (TPSA) is 70.0 Å². The second-order valence-electron chi connectivity index (χ2n) is 4.71. The fraction of sp³-hybridized carbons (Fsp3) is 0.909. The van der Waals surface area contributed by atoms with Crippen molar-refractivity contribution in [1.29, 1.82) is 5.26 Å². The van der Waals surface area contributed by atoms with Crippen molar-refractivity contribution in [1.82, 2.24) is 4.72 Å². The third-order valence-electron chi connectivity index (χ3n) is 3.67. The highest BCUT2D eigenvalue weighted by Crippen LogP contribution is 2.31. The summed E-state index contributed by atoms with van der Waals surface area (Å²) in [7, 11) is -3.47. The Morgan fingerprint density at radius 3 is 2.44 bits per heavy atom. The molecule has 0 aromatic rings. The average Bonchev–Trinajstić information content (AvgIpc) is 2.50. The minimum atomic E-state index is -3.47. The van der Waals surface area contributed by atoms with Crippen LogP contribution in [-0.2, 0) is 10.0 Å². The molecule has 92 valence electrons. The monoisotopic (exact) mass is 244 g/mol. The summed E-state index contributed by atoms with van der Waals surface area (Å²) in [5.74, 6) is 0.904. The SMILES string of the molecule is CCC(C#N)S(=O)(=O)NC1CCC(C)C1C. The van der Waals surface area contributed by atoms with E-state index in [1.807, 2.05) is 6.07 Å². The fourth-order valence-electron chi connectivity index (χ4n) is 2.20. The van der Waals surface area contributed by atoms with Gasteiger partial charge < -0.3 is 0 Å². The van der Waals surface area contributed by atoms with Gasteiger partial charge in [-0.25, -0.2) is 13.1 Å². The number of nitrogens with zero attached hydrogens (tertiary/aromatic N) is 1. The lowest BCUT2D eigenvalue weighted by Crippen LogP contribution is -2.42. The first-order chi connectivity index (χ1) is 7.42. The van der Waals surface area contributed by atoms with E-state index >= 15 is 0 Å². The van der Waals surface area contributed by atoms with Crippen LogP contribution in [0.2, 0.25) is 0 Å². The van der Waals surface area contributed by atoms with E-state index in [4.69, 9.17) is 5.26 Å². The number of rotatable bonds is 4. The summed E-state index contributed by atoms with van der Waals surface area (Å²) < 4.78 is 26.4.